The number of carbonyl (C=O) groups excluding carboxylic acids is 1. The zero-order chi connectivity index (χ0) is 12.3. The second-order valence-electron chi connectivity index (χ2n) is 3.08. The number of hydrogen-bond acceptors (Lipinski definition) is 2. The van der Waals surface area contributed by atoms with Crippen LogP contribution < -0.4 is 5.32 Å². The summed E-state index contributed by atoms with van der Waals surface area (Å²) in [6.45, 7) is 1.35. The van der Waals surface area contributed by atoms with E-state index in [0.29, 0.717) is 6.07 Å². The van der Waals surface area contributed by atoms with Crippen LogP contribution in [0.4, 0.5) is 14.5 Å². The van der Waals surface area contributed by atoms with Crippen molar-refractivity contribution in [2.24, 2.45) is 5.92 Å². The molecule has 1 aromatic carbocycles. The quantitative estimate of drug-likeness (QED) is 0.870. The average molecular weight is 245 g/mol. The van der Waals surface area contributed by atoms with Gasteiger partial charge in [0, 0.05) is 6.07 Å². The number of halogens is 3. The number of nitrogens with zero attached hydrogens (tertiary/aromatic N) is 1. The third kappa shape index (κ3) is 2.67. The Hall–Kier alpha value is -1.67. The van der Waals surface area contributed by atoms with Crippen molar-refractivity contribution in [2.75, 3.05) is 5.32 Å². The van der Waals surface area contributed by atoms with E-state index in [4.69, 9.17) is 16.9 Å². The number of nitrogens with one attached hydrogen (secondary N) is 1. The maximum Gasteiger partial charge on any atom is 0.241 e. The molecule has 0 saturated carbocycles. The van der Waals surface area contributed by atoms with Crippen LogP contribution in [0.5, 0.6) is 0 Å². The maximum atomic E-state index is 13.2. The fourth-order valence-electron chi connectivity index (χ4n) is 0.952. The second kappa shape index (κ2) is 4.90. The summed E-state index contributed by atoms with van der Waals surface area (Å²) in [5, 5.41) is 10.3. The van der Waals surface area contributed by atoms with Gasteiger partial charge in [-0.2, -0.15) is 5.26 Å². The molecule has 1 unspecified atom stereocenters. The molecule has 0 heterocycles. The molecule has 0 aromatic heterocycles. The Balaban J connectivity index is 2.99. The SMILES string of the molecule is CC(C#N)C(=O)Nc1c(F)cc(F)cc1Cl. The Morgan fingerprint density at radius 3 is 2.69 bits per heavy atom. The van der Waals surface area contributed by atoms with E-state index in [1.165, 1.54) is 6.92 Å². The highest BCUT2D eigenvalue weighted by atomic mass is 35.5. The Bertz CT molecular complexity index is 447. The second-order valence-corrected chi connectivity index (χ2v) is 3.49. The van der Waals surface area contributed by atoms with Crippen molar-refractivity contribution in [3.63, 3.8) is 0 Å². The molecule has 1 amide bonds. The number of rotatable bonds is 2. The summed E-state index contributed by atoms with van der Waals surface area (Å²) in [6, 6.07) is 3.15. The van der Waals surface area contributed by atoms with E-state index in [1.54, 1.807) is 6.07 Å². The third-order valence-corrected chi connectivity index (χ3v) is 2.14. The molecule has 0 aliphatic carbocycles. The lowest BCUT2D eigenvalue weighted by atomic mass is 10.2. The number of anilines is 1. The van der Waals surface area contributed by atoms with Gasteiger partial charge in [-0.3, -0.25) is 4.79 Å². The van der Waals surface area contributed by atoms with Crippen LogP contribution in [0.3, 0.4) is 0 Å². The van der Waals surface area contributed by atoms with Crippen LogP contribution in [0.25, 0.3) is 0 Å². The summed E-state index contributed by atoms with van der Waals surface area (Å²) in [5.74, 6) is -3.47. The van der Waals surface area contributed by atoms with Gasteiger partial charge in [-0.15, -0.1) is 0 Å². The normalized spacial score (nSPS) is 11.7. The maximum absolute atomic E-state index is 13.2. The molecule has 0 aliphatic heterocycles. The molecular formula is C10H7ClF2N2O. The smallest absolute Gasteiger partial charge is 0.241 e. The fraction of sp³-hybridized carbons (Fsp3) is 0.200. The number of nitriles is 1. The van der Waals surface area contributed by atoms with Gasteiger partial charge < -0.3 is 5.32 Å². The minimum absolute atomic E-state index is 0.254. The molecule has 0 bridgehead atoms. The zero-order valence-electron chi connectivity index (χ0n) is 8.22. The van der Waals surface area contributed by atoms with Crippen molar-refractivity contribution < 1.29 is 13.6 Å². The lowest BCUT2D eigenvalue weighted by Crippen LogP contribution is -2.20. The van der Waals surface area contributed by atoms with E-state index in [2.05, 4.69) is 5.32 Å². The summed E-state index contributed by atoms with van der Waals surface area (Å²) in [6.07, 6.45) is 0. The minimum Gasteiger partial charge on any atom is -0.321 e. The molecule has 16 heavy (non-hydrogen) atoms. The number of hydrogen-bond donors (Lipinski definition) is 1. The summed E-state index contributed by atoms with van der Waals surface area (Å²) < 4.78 is 25.9. The van der Waals surface area contributed by atoms with Crippen LogP contribution in [0.1, 0.15) is 6.92 Å². The molecule has 0 fully saturated rings. The van der Waals surface area contributed by atoms with Crippen molar-refractivity contribution in [1.82, 2.24) is 0 Å². The molecule has 0 radical (unpaired) electrons. The van der Waals surface area contributed by atoms with Gasteiger partial charge in [0.25, 0.3) is 0 Å². The van der Waals surface area contributed by atoms with Crippen molar-refractivity contribution >= 4 is 23.2 Å². The summed E-state index contributed by atoms with van der Waals surface area (Å²) in [5.41, 5.74) is -0.324. The first-order valence-corrected chi connectivity index (χ1v) is 4.68. The van der Waals surface area contributed by atoms with E-state index in [1.807, 2.05) is 0 Å². The number of carbonyl (C=O) groups is 1. The van der Waals surface area contributed by atoms with Gasteiger partial charge in [0.05, 0.1) is 16.8 Å². The van der Waals surface area contributed by atoms with Crippen molar-refractivity contribution in [3.05, 3.63) is 28.8 Å². The largest absolute Gasteiger partial charge is 0.321 e. The first-order chi connectivity index (χ1) is 7.45. The predicted octanol–water partition coefficient (Wildman–Crippen LogP) is 2.72. The summed E-state index contributed by atoms with van der Waals surface area (Å²) in [4.78, 5) is 11.3. The molecule has 3 nitrogen and oxygen atoms in total. The van der Waals surface area contributed by atoms with Crippen molar-refractivity contribution in [2.45, 2.75) is 6.92 Å². The minimum atomic E-state index is -0.983. The lowest BCUT2D eigenvalue weighted by Gasteiger charge is -2.09. The van der Waals surface area contributed by atoms with Gasteiger partial charge in [0.1, 0.15) is 11.7 Å². The number of amides is 1. The van der Waals surface area contributed by atoms with Crippen LogP contribution in [0.15, 0.2) is 12.1 Å². The topological polar surface area (TPSA) is 52.9 Å². The Morgan fingerprint density at radius 1 is 1.56 bits per heavy atom. The highest BCUT2D eigenvalue weighted by Gasteiger charge is 2.16. The summed E-state index contributed by atoms with van der Waals surface area (Å²) in [7, 11) is 0. The van der Waals surface area contributed by atoms with Gasteiger partial charge in [-0.25, -0.2) is 8.78 Å². The van der Waals surface area contributed by atoms with Crippen LogP contribution >= 0.6 is 11.6 Å². The van der Waals surface area contributed by atoms with Gasteiger partial charge >= 0.3 is 0 Å². The molecule has 6 heteroatoms. The zero-order valence-corrected chi connectivity index (χ0v) is 8.98. The molecule has 1 N–H and O–H groups in total. The van der Waals surface area contributed by atoms with E-state index in [9.17, 15) is 13.6 Å². The predicted molar refractivity (Wildman–Crippen MR) is 54.8 cm³/mol. The van der Waals surface area contributed by atoms with E-state index in [0.717, 1.165) is 6.07 Å². The van der Waals surface area contributed by atoms with Crippen LogP contribution in [-0.4, -0.2) is 5.91 Å². The third-order valence-electron chi connectivity index (χ3n) is 1.84. The van der Waals surface area contributed by atoms with E-state index < -0.39 is 23.5 Å². The first-order valence-electron chi connectivity index (χ1n) is 4.30. The highest BCUT2D eigenvalue weighted by molar-refractivity contribution is 6.33. The number of benzene rings is 1. The molecule has 1 rings (SSSR count). The van der Waals surface area contributed by atoms with Crippen LogP contribution in [0, 0.1) is 28.9 Å². The summed E-state index contributed by atoms with van der Waals surface area (Å²) >= 11 is 5.55. The van der Waals surface area contributed by atoms with Gasteiger partial charge in [-0.05, 0) is 13.0 Å². The van der Waals surface area contributed by atoms with Crippen LogP contribution in [0.2, 0.25) is 5.02 Å². The Kier molecular flexibility index (Phi) is 3.80. The molecular weight excluding hydrogens is 238 g/mol. The first kappa shape index (κ1) is 12.4. The lowest BCUT2D eigenvalue weighted by molar-refractivity contribution is -0.117. The van der Waals surface area contributed by atoms with E-state index in [-0.39, 0.29) is 10.7 Å². The molecule has 0 aliphatic rings. The average Bonchev–Trinajstić information content (AvgIpc) is 2.21. The van der Waals surface area contributed by atoms with E-state index >= 15 is 0 Å². The highest BCUT2D eigenvalue weighted by Crippen LogP contribution is 2.26. The monoisotopic (exact) mass is 244 g/mol. The molecule has 1 aromatic rings. The van der Waals surface area contributed by atoms with Crippen LogP contribution in [-0.2, 0) is 4.79 Å². The molecule has 0 spiro atoms. The Labute approximate surface area is 95.6 Å². The fourth-order valence-corrected chi connectivity index (χ4v) is 1.19. The molecule has 1 atom stereocenters. The van der Waals surface area contributed by atoms with Crippen molar-refractivity contribution in [3.8, 4) is 6.07 Å². The van der Waals surface area contributed by atoms with Crippen molar-refractivity contribution in [1.29, 1.82) is 5.26 Å². The Morgan fingerprint density at radius 2 is 2.19 bits per heavy atom. The molecule has 0 saturated heterocycles. The molecule has 84 valence electrons. The van der Waals surface area contributed by atoms with Gasteiger partial charge in [-0.1, -0.05) is 11.6 Å². The standard InChI is InChI=1S/C10H7ClF2N2O/c1-5(4-14)10(16)15-9-7(11)2-6(12)3-8(9)13/h2-3,5H,1H3,(H,15,16). The van der Waals surface area contributed by atoms with Gasteiger partial charge in [0.15, 0.2) is 5.82 Å². The van der Waals surface area contributed by atoms with Gasteiger partial charge in [0.2, 0.25) is 5.91 Å².